The molecule has 0 radical (unpaired) electrons. The summed E-state index contributed by atoms with van der Waals surface area (Å²) in [4.78, 5) is 17.1. The zero-order valence-electron chi connectivity index (χ0n) is 11.3. The van der Waals surface area contributed by atoms with Crippen LogP contribution in [0.5, 0.6) is 0 Å². The van der Waals surface area contributed by atoms with Crippen LogP contribution in [-0.4, -0.2) is 9.55 Å². The molecule has 3 rings (SSSR count). The van der Waals surface area contributed by atoms with Crippen molar-refractivity contribution in [3.05, 3.63) is 56.8 Å². The Morgan fingerprint density at radius 3 is 2.80 bits per heavy atom. The fourth-order valence-corrected chi connectivity index (χ4v) is 3.21. The molecule has 5 heteroatoms. The van der Waals surface area contributed by atoms with E-state index in [1.807, 2.05) is 49.6 Å². The van der Waals surface area contributed by atoms with Gasteiger partial charge in [-0.3, -0.25) is 9.36 Å². The molecule has 1 unspecified atom stereocenters. The topological polar surface area (TPSA) is 60.9 Å². The van der Waals surface area contributed by atoms with Gasteiger partial charge >= 0.3 is 0 Å². The first-order valence-corrected chi connectivity index (χ1v) is 7.27. The second-order valence-electron chi connectivity index (χ2n) is 4.83. The van der Waals surface area contributed by atoms with Crippen molar-refractivity contribution in [1.29, 1.82) is 0 Å². The molecule has 3 aromatic rings. The molecule has 4 nitrogen and oxygen atoms in total. The lowest BCUT2D eigenvalue weighted by molar-refractivity contribution is 0.624. The minimum absolute atomic E-state index is 0.0686. The fraction of sp³-hybridized carbons (Fsp3) is 0.200. The third-order valence-corrected chi connectivity index (χ3v) is 4.51. The lowest BCUT2D eigenvalue weighted by Crippen LogP contribution is -2.26. The van der Waals surface area contributed by atoms with Crippen molar-refractivity contribution < 1.29 is 0 Å². The number of aromatic nitrogens is 2. The van der Waals surface area contributed by atoms with E-state index in [1.165, 1.54) is 0 Å². The first-order chi connectivity index (χ1) is 9.58. The third kappa shape index (κ3) is 2.00. The summed E-state index contributed by atoms with van der Waals surface area (Å²) >= 11 is 1.55. The zero-order chi connectivity index (χ0) is 14.3. The van der Waals surface area contributed by atoms with Gasteiger partial charge in [0.05, 0.1) is 6.04 Å². The molecular formula is C15H15N3OS. The molecule has 2 heterocycles. The van der Waals surface area contributed by atoms with Crippen LogP contribution in [0, 0.1) is 6.92 Å². The second kappa shape index (κ2) is 4.76. The van der Waals surface area contributed by atoms with Crippen LogP contribution in [0.2, 0.25) is 0 Å². The Hall–Kier alpha value is -2.14. The molecule has 2 N–H and O–H groups in total. The van der Waals surface area contributed by atoms with Crippen LogP contribution in [0.25, 0.3) is 10.8 Å². The minimum atomic E-state index is -0.161. The largest absolute Gasteiger partial charge is 0.385 e. The number of nitrogen functional groups attached to an aromatic ring is 1. The van der Waals surface area contributed by atoms with Crippen LogP contribution in [0.1, 0.15) is 23.7 Å². The predicted octanol–water partition coefficient (Wildman–Crippen LogP) is 2.96. The Morgan fingerprint density at radius 2 is 2.10 bits per heavy atom. The molecule has 0 fully saturated rings. The Bertz CT molecular complexity index is 834. The van der Waals surface area contributed by atoms with Gasteiger partial charge in [0.15, 0.2) is 0 Å². The number of hydrogen-bond acceptors (Lipinski definition) is 4. The summed E-state index contributed by atoms with van der Waals surface area (Å²) < 4.78 is 1.61. The van der Waals surface area contributed by atoms with Crippen molar-refractivity contribution in [2.24, 2.45) is 0 Å². The number of rotatable bonds is 2. The van der Waals surface area contributed by atoms with Crippen molar-refractivity contribution in [1.82, 2.24) is 9.55 Å². The summed E-state index contributed by atoms with van der Waals surface area (Å²) in [5, 5.41) is 4.43. The number of thiazole rings is 1. The molecule has 0 aliphatic rings. The van der Waals surface area contributed by atoms with Gasteiger partial charge in [-0.1, -0.05) is 18.2 Å². The van der Waals surface area contributed by atoms with E-state index in [1.54, 1.807) is 15.9 Å². The van der Waals surface area contributed by atoms with E-state index < -0.39 is 0 Å². The average molecular weight is 285 g/mol. The number of fused-ring (bicyclic) bond motifs is 1. The lowest BCUT2D eigenvalue weighted by atomic mass is 10.1. The maximum Gasteiger partial charge on any atom is 0.260 e. The minimum Gasteiger partial charge on any atom is -0.385 e. The normalized spacial score (nSPS) is 12.7. The molecule has 2 aromatic heterocycles. The SMILES string of the molecule is Cc1csc(C(C)n2c(N)cc3ccccc3c2=O)n1. The van der Waals surface area contributed by atoms with Gasteiger partial charge < -0.3 is 5.73 Å². The zero-order valence-corrected chi connectivity index (χ0v) is 12.1. The Labute approximate surface area is 120 Å². The summed E-state index contributed by atoms with van der Waals surface area (Å²) in [6.45, 7) is 3.89. The standard InChI is InChI=1S/C15H15N3OS/c1-9-8-20-14(17-9)10(2)18-13(16)7-11-5-3-4-6-12(11)15(18)19/h3-8,10H,16H2,1-2H3. The fourth-order valence-electron chi connectivity index (χ4n) is 2.37. The highest BCUT2D eigenvalue weighted by Crippen LogP contribution is 2.24. The van der Waals surface area contributed by atoms with Crippen molar-refractivity contribution in [2.45, 2.75) is 19.9 Å². The summed E-state index contributed by atoms with van der Waals surface area (Å²) in [5.41, 5.74) is 6.97. The van der Waals surface area contributed by atoms with Gasteiger partial charge in [0.2, 0.25) is 0 Å². The molecule has 0 aliphatic carbocycles. The van der Waals surface area contributed by atoms with Crippen molar-refractivity contribution in [3.63, 3.8) is 0 Å². The van der Waals surface area contributed by atoms with Crippen LogP contribution in [0.3, 0.4) is 0 Å². The Morgan fingerprint density at radius 1 is 1.35 bits per heavy atom. The van der Waals surface area contributed by atoms with Crippen LogP contribution in [-0.2, 0) is 0 Å². The number of aryl methyl sites for hydroxylation is 1. The third-order valence-electron chi connectivity index (χ3n) is 3.37. The van der Waals surface area contributed by atoms with Crippen LogP contribution >= 0.6 is 11.3 Å². The van der Waals surface area contributed by atoms with Gasteiger partial charge in [-0.25, -0.2) is 4.98 Å². The molecule has 0 aliphatic heterocycles. The van der Waals surface area contributed by atoms with E-state index >= 15 is 0 Å². The first kappa shape index (κ1) is 12.9. The number of pyridine rings is 1. The highest BCUT2D eigenvalue weighted by Gasteiger charge is 2.17. The summed E-state index contributed by atoms with van der Waals surface area (Å²) in [7, 11) is 0. The summed E-state index contributed by atoms with van der Waals surface area (Å²) in [6.07, 6.45) is 0. The van der Waals surface area contributed by atoms with E-state index in [2.05, 4.69) is 4.98 Å². The van der Waals surface area contributed by atoms with E-state index in [9.17, 15) is 4.79 Å². The molecule has 0 saturated carbocycles. The van der Waals surface area contributed by atoms with Crippen LogP contribution in [0.15, 0.2) is 40.5 Å². The van der Waals surface area contributed by atoms with Gasteiger partial charge in [0.25, 0.3) is 5.56 Å². The Kier molecular flexibility index (Phi) is 3.06. The van der Waals surface area contributed by atoms with E-state index in [4.69, 9.17) is 5.73 Å². The van der Waals surface area contributed by atoms with E-state index in [0.717, 1.165) is 16.1 Å². The molecule has 0 saturated heterocycles. The number of nitrogens with two attached hydrogens (primary N) is 1. The predicted molar refractivity (Wildman–Crippen MR) is 83.3 cm³/mol. The summed E-state index contributed by atoms with van der Waals surface area (Å²) in [5.74, 6) is 0.467. The van der Waals surface area contributed by atoms with Crippen molar-refractivity contribution >= 4 is 27.9 Å². The molecular weight excluding hydrogens is 270 g/mol. The van der Waals surface area contributed by atoms with Crippen LogP contribution < -0.4 is 11.3 Å². The van der Waals surface area contributed by atoms with Crippen molar-refractivity contribution in [3.8, 4) is 0 Å². The molecule has 0 bridgehead atoms. The maximum absolute atomic E-state index is 12.6. The molecule has 102 valence electrons. The van der Waals surface area contributed by atoms with Gasteiger partial charge in [-0.15, -0.1) is 11.3 Å². The smallest absolute Gasteiger partial charge is 0.260 e. The highest BCUT2D eigenvalue weighted by molar-refractivity contribution is 7.09. The molecule has 0 amide bonds. The van der Waals surface area contributed by atoms with Gasteiger partial charge in [-0.2, -0.15) is 0 Å². The lowest BCUT2D eigenvalue weighted by Gasteiger charge is -2.16. The van der Waals surface area contributed by atoms with Gasteiger partial charge in [0, 0.05) is 16.5 Å². The maximum atomic E-state index is 12.6. The number of nitrogens with zero attached hydrogens (tertiary/aromatic N) is 2. The number of anilines is 1. The quantitative estimate of drug-likeness (QED) is 0.787. The highest BCUT2D eigenvalue weighted by atomic mass is 32.1. The Balaban J connectivity index is 2.23. The number of benzene rings is 1. The molecule has 1 aromatic carbocycles. The summed E-state index contributed by atoms with van der Waals surface area (Å²) in [6, 6.07) is 9.17. The molecule has 0 spiro atoms. The number of hydrogen-bond donors (Lipinski definition) is 1. The van der Waals surface area contributed by atoms with Crippen molar-refractivity contribution in [2.75, 3.05) is 5.73 Å². The van der Waals surface area contributed by atoms with E-state index in [-0.39, 0.29) is 11.6 Å². The van der Waals surface area contributed by atoms with Crippen LogP contribution in [0.4, 0.5) is 5.82 Å². The van der Waals surface area contributed by atoms with E-state index in [0.29, 0.717) is 11.2 Å². The second-order valence-corrected chi connectivity index (χ2v) is 5.72. The first-order valence-electron chi connectivity index (χ1n) is 6.39. The van der Waals surface area contributed by atoms with Gasteiger partial charge in [0.1, 0.15) is 10.8 Å². The monoisotopic (exact) mass is 285 g/mol. The van der Waals surface area contributed by atoms with Gasteiger partial charge in [-0.05, 0) is 31.4 Å². The average Bonchev–Trinajstić information content (AvgIpc) is 2.85. The molecule has 1 atom stereocenters. The molecule has 20 heavy (non-hydrogen) atoms.